The minimum Gasteiger partial charge on any atom is -0.481 e. The van der Waals surface area contributed by atoms with Gasteiger partial charge in [-0.15, -0.1) is 0 Å². The molecule has 0 fully saturated rings. The summed E-state index contributed by atoms with van der Waals surface area (Å²) in [4.78, 5) is 23.8. The van der Waals surface area contributed by atoms with Gasteiger partial charge in [0.15, 0.2) is 6.10 Å². The van der Waals surface area contributed by atoms with Crippen LogP contribution in [0.5, 0.6) is 5.75 Å². The Kier molecular flexibility index (Phi) is 4.21. The van der Waals surface area contributed by atoms with E-state index in [2.05, 4.69) is 11.4 Å². The van der Waals surface area contributed by atoms with Gasteiger partial charge in [-0.05, 0) is 67.6 Å². The quantitative estimate of drug-likeness (QED) is 0.730. The van der Waals surface area contributed by atoms with Crippen molar-refractivity contribution in [3.05, 3.63) is 70.1 Å². The lowest BCUT2D eigenvalue weighted by atomic mass is 10.1. The van der Waals surface area contributed by atoms with Gasteiger partial charge in [0.25, 0.3) is 5.91 Å². The van der Waals surface area contributed by atoms with Crippen LogP contribution in [-0.2, 0) is 17.6 Å². The van der Waals surface area contributed by atoms with E-state index in [1.54, 1.807) is 31.2 Å². The normalized spacial score (nSPS) is 14.0. The average molecular weight is 349 g/mol. The van der Waals surface area contributed by atoms with Gasteiger partial charge in [0.1, 0.15) is 11.3 Å². The molecule has 1 N–H and O–H groups in total. The average Bonchev–Trinajstić information content (AvgIpc) is 3.09. The molecule has 5 heteroatoms. The lowest BCUT2D eigenvalue weighted by molar-refractivity contribution is -0.122. The van der Waals surface area contributed by atoms with E-state index in [1.807, 2.05) is 12.1 Å². The number of nitrogens with one attached hydrogen (secondary N) is 1. The van der Waals surface area contributed by atoms with Crippen molar-refractivity contribution in [2.75, 3.05) is 5.32 Å². The highest BCUT2D eigenvalue weighted by molar-refractivity contribution is 5.94. The maximum absolute atomic E-state index is 12.4. The van der Waals surface area contributed by atoms with E-state index in [0.29, 0.717) is 11.3 Å². The molecule has 4 rings (SSSR count). The second kappa shape index (κ2) is 6.67. The Bertz CT molecular complexity index is 1040. The zero-order valence-corrected chi connectivity index (χ0v) is 14.5. The summed E-state index contributed by atoms with van der Waals surface area (Å²) in [6.07, 6.45) is 2.66. The van der Waals surface area contributed by atoms with Gasteiger partial charge in [0.05, 0.1) is 0 Å². The van der Waals surface area contributed by atoms with E-state index < -0.39 is 11.7 Å². The molecule has 1 atom stereocenters. The topological polar surface area (TPSA) is 68.5 Å². The standard InChI is InChI=1S/C21H19NO4/c1-13(21(24)22-17-8-5-14-3-2-4-16(14)11-17)25-18-9-6-15-7-10-20(23)26-19(15)12-18/h5-13H,2-4H2,1H3,(H,22,24)/t13-/m1/s1. The number of anilines is 1. The van der Waals surface area contributed by atoms with Crippen molar-refractivity contribution in [2.45, 2.75) is 32.3 Å². The van der Waals surface area contributed by atoms with Gasteiger partial charge >= 0.3 is 5.63 Å². The fourth-order valence-electron chi connectivity index (χ4n) is 3.27. The predicted octanol–water partition coefficient (Wildman–Crippen LogP) is 3.69. The highest BCUT2D eigenvalue weighted by atomic mass is 16.5. The molecule has 0 bridgehead atoms. The largest absolute Gasteiger partial charge is 0.481 e. The maximum atomic E-state index is 12.4. The highest BCUT2D eigenvalue weighted by Crippen LogP contribution is 2.25. The van der Waals surface area contributed by atoms with Crippen molar-refractivity contribution in [1.82, 2.24) is 0 Å². The summed E-state index contributed by atoms with van der Waals surface area (Å²) in [6.45, 7) is 1.69. The van der Waals surface area contributed by atoms with E-state index in [-0.39, 0.29) is 5.91 Å². The molecule has 1 aliphatic rings. The van der Waals surface area contributed by atoms with Crippen LogP contribution in [0, 0.1) is 0 Å². The Morgan fingerprint density at radius 1 is 1.08 bits per heavy atom. The number of hydrogen-bond acceptors (Lipinski definition) is 4. The van der Waals surface area contributed by atoms with E-state index in [0.717, 1.165) is 23.9 Å². The molecule has 132 valence electrons. The van der Waals surface area contributed by atoms with Gasteiger partial charge in [-0.1, -0.05) is 6.07 Å². The summed E-state index contributed by atoms with van der Waals surface area (Å²) in [5.41, 5.74) is 3.47. The van der Waals surface area contributed by atoms with E-state index >= 15 is 0 Å². The number of benzene rings is 2. The molecule has 0 radical (unpaired) electrons. The van der Waals surface area contributed by atoms with E-state index in [1.165, 1.54) is 23.6 Å². The lowest BCUT2D eigenvalue weighted by Crippen LogP contribution is -2.30. The Morgan fingerprint density at radius 2 is 1.88 bits per heavy atom. The smallest absolute Gasteiger partial charge is 0.336 e. The number of ether oxygens (including phenoxy) is 1. The van der Waals surface area contributed by atoms with Crippen LogP contribution in [0.1, 0.15) is 24.5 Å². The minimum absolute atomic E-state index is 0.224. The fraction of sp³-hybridized carbons (Fsp3) is 0.238. The third-order valence-electron chi connectivity index (χ3n) is 4.64. The first-order valence-electron chi connectivity index (χ1n) is 8.72. The van der Waals surface area contributed by atoms with Crippen LogP contribution in [0.3, 0.4) is 0 Å². The Balaban J connectivity index is 1.46. The maximum Gasteiger partial charge on any atom is 0.336 e. The molecule has 0 saturated carbocycles. The van der Waals surface area contributed by atoms with Crippen LogP contribution >= 0.6 is 0 Å². The van der Waals surface area contributed by atoms with Crippen LogP contribution in [-0.4, -0.2) is 12.0 Å². The second-order valence-electron chi connectivity index (χ2n) is 6.54. The number of hydrogen-bond donors (Lipinski definition) is 1. The Morgan fingerprint density at radius 3 is 2.77 bits per heavy atom. The molecule has 1 aliphatic carbocycles. The summed E-state index contributed by atoms with van der Waals surface area (Å²) in [5, 5.41) is 3.70. The zero-order chi connectivity index (χ0) is 18.1. The van der Waals surface area contributed by atoms with Crippen molar-refractivity contribution in [2.24, 2.45) is 0 Å². The molecule has 0 aliphatic heterocycles. The lowest BCUT2D eigenvalue weighted by Gasteiger charge is -2.15. The first-order valence-corrected chi connectivity index (χ1v) is 8.72. The number of fused-ring (bicyclic) bond motifs is 2. The van der Waals surface area contributed by atoms with Gasteiger partial charge in [-0.3, -0.25) is 4.79 Å². The van der Waals surface area contributed by atoms with Gasteiger partial charge < -0.3 is 14.5 Å². The molecule has 1 amide bonds. The molecular weight excluding hydrogens is 330 g/mol. The second-order valence-corrected chi connectivity index (χ2v) is 6.54. The van der Waals surface area contributed by atoms with Crippen molar-refractivity contribution in [1.29, 1.82) is 0 Å². The van der Waals surface area contributed by atoms with Crippen LogP contribution < -0.4 is 15.7 Å². The van der Waals surface area contributed by atoms with Gasteiger partial charge in [0, 0.05) is 23.2 Å². The number of aryl methyl sites for hydroxylation is 2. The van der Waals surface area contributed by atoms with Crippen molar-refractivity contribution in [3.63, 3.8) is 0 Å². The third-order valence-corrected chi connectivity index (χ3v) is 4.64. The first kappa shape index (κ1) is 16.4. The minimum atomic E-state index is -0.684. The van der Waals surface area contributed by atoms with E-state index in [9.17, 15) is 9.59 Å². The SMILES string of the molecule is C[C@@H](Oc1ccc2ccc(=O)oc2c1)C(=O)Nc1ccc2c(c1)CCC2. The fourth-order valence-corrected chi connectivity index (χ4v) is 3.27. The van der Waals surface area contributed by atoms with Crippen LogP contribution in [0.2, 0.25) is 0 Å². The summed E-state index contributed by atoms with van der Waals surface area (Å²) in [7, 11) is 0. The number of carbonyl (C=O) groups is 1. The van der Waals surface area contributed by atoms with Crippen molar-refractivity contribution in [3.8, 4) is 5.75 Å². The van der Waals surface area contributed by atoms with Crippen LogP contribution in [0.4, 0.5) is 5.69 Å². The molecular formula is C21H19NO4. The summed E-state index contributed by atoms with van der Waals surface area (Å²) in [5.74, 6) is 0.251. The van der Waals surface area contributed by atoms with Crippen molar-refractivity contribution < 1.29 is 13.9 Å². The molecule has 1 heterocycles. The Hall–Kier alpha value is -3.08. The first-order chi connectivity index (χ1) is 12.6. The number of amides is 1. The van der Waals surface area contributed by atoms with Gasteiger partial charge in [-0.25, -0.2) is 4.79 Å². The monoisotopic (exact) mass is 349 g/mol. The third kappa shape index (κ3) is 3.33. The Labute approximate surface area is 150 Å². The molecule has 0 unspecified atom stereocenters. The molecule has 3 aromatic rings. The number of rotatable bonds is 4. The highest BCUT2D eigenvalue weighted by Gasteiger charge is 2.17. The molecule has 26 heavy (non-hydrogen) atoms. The molecule has 5 nitrogen and oxygen atoms in total. The molecule has 0 spiro atoms. The number of carbonyl (C=O) groups excluding carboxylic acids is 1. The summed E-state index contributed by atoms with van der Waals surface area (Å²) < 4.78 is 10.9. The summed E-state index contributed by atoms with van der Waals surface area (Å²) in [6, 6.07) is 14.3. The van der Waals surface area contributed by atoms with Gasteiger partial charge in [0.2, 0.25) is 0 Å². The zero-order valence-electron chi connectivity index (χ0n) is 14.5. The molecule has 2 aromatic carbocycles. The van der Waals surface area contributed by atoms with Crippen molar-refractivity contribution >= 4 is 22.6 Å². The van der Waals surface area contributed by atoms with Crippen LogP contribution in [0.15, 0.2) is 57.7 Å². The van der Waals surface area contributed by atoms with Gasteiger partial charge in [-0.2, -0.15) is 0 Å². The molecule has 0 saturated heterocycles. The molecule has 1 aromatic heterocycles. The van der Waals surface area contributed by atoms with Crippen LogP contribution in [0.25, 0.3) is 11.0 Å². The van der Waals surface area contributed by atoms with E-state index in [4.69, 9.17) is 9.15 Å². The predicted molar refractivity (Wildman–Crippen MR) is 99.7 cm³/mol. The summed E-state index contributed by atoms with van der Waals surface area (Å²) >= 11 is 0.